The molecule has 0 spiro atoms. The summed E-state index contributed by atoms with van der Waals surface area (Å²) in [6, 6.07) is 0.184. The molecule has 0 radical (unpaired) electrons. The molecule has 3 heteroatoms. The molecule has 0 aromatic heterocycles. The fraction of sp³-hybridized carbons (Fsp3) is 0.938. The molecule has 1 saturated heterocycles. The minimum Gasteiger partial charge on any atom is -0.379 e. The lowest BCUT2D eigenvalue weighted by Crippen LogP contribution is -2.47. The van der Waals surface area contributed by atoms with Crippen LogP contribution >= 0.6 is 0 Å². The summed E-state index contributed by atoms with van der Waals surface area (Å²) >= 11 is 0. The summed E-state index contributed by atoms with van der Waals surface area (Å²) in [5, 5.41) is 0. The van der Waals surface area contributed by atoms with Crippen molar-refractivity contribution in [2.45, 2.75) is 70.3 Å². The van der Waals surface area contributed by atoms with Gasteiger partial charge < -0.3 is 4.74 Å². The van der Waals surface area contributed by atoms with Crippen molar-refractivity contribution in [2.75, 3.05) is 26.3 Å². The van der Waals surface area contributed by atoms with E-state index in [-0.39, 0.29) is 6.04 Å². The van der Waals surface area contributed by atoms with E-state index < -0.39 is 0 Å². The van der Waals surface area contributed by atoms with Gasteiger partial charge in [0.1, 0.15) is 5.78 Å². The first-order chi connectivity index (χ1) is 9.38. The van der Waals surface area contributed by atoms with E-state index in [1.54, 1.807) is 0 Å². The molecule has 0 aromatic carbocycles. The molecule has 1 atom stereocenters. The van der Waals surface area contributed by atoms with Crippen LogP contribution in [0.2, 0.25) is 0 Å². The zero-order chi connectivity index (χ0) is 13.3. The van der Waals surface area contributed by atoms with Crippen LogP contribution in [0.1, 0.15) is 64.2 Å². The van der Waals surface area contributed by atoms with E-state index in [0.29, 0.717) is 5.78 Å². The third-order valence-electron chi connectivity index (χ3n) is 4.51. The van der Waals surface area contributed by atoms with E-state index in [4.69, 9.17) is 4.74 Å². The average molecular weight is 267 g/mol. The number of hydrogen-bond acceptors (Lipinski definition) is 3. The second kappa shape index (κ2) is 8.70. The van der Waals surface area contributed by atoms with E-state index in [1.807, 2.05) is 0 Å². The highest BCUT2D eigenvalue weighted by Crippen LogP contribution is 2.19. The highest BCUT2D eigenvalue weighted by atomic mass is 16.5. The van der Waals surface area contributed by atoms with Crippen LogP contribution in [0.15, 0.2) is 0 Å². The van der Waals surface area contributed by atoms with Crippen molar-refractivity contribution in [3.63, 3.8) is 0 Å². The van der Waals surface area contributed by atoms with Crippen LogP contribution in [-0.2, 0) is 9.53 Å². The van der Waals surface area contributed by atoms with Gasteiger partial charge in [0.2, 0.25) is 0 Å². The number of hydrogen-bond donors (Lipinski definition) is 0. The highest BCUT2D eigenvalue weighted by molar-refractivity contribution is 5.83. The van der Waals surface area contributed by atoms with Gasteiger partial charge >= 0.3 is 0 Å². The quantitative estimate of drug-likeness (QED) is 0.731. The lowest BCUT2D eigenvalue weighted by molar-refractivity contribution is -0.126. The summed E-state index contributed by atoms with van der Waals surface area (Å²) in [5.41, 5.74) is 0. The summed E-state index contributed by atoms with van der Waals surface area (Å²) in [7, 11) is 0. The maximum absolute atomic E-state index is 12.4. The van der Waals surface area contributed by atoms with Gasteiger partial charge in [0, 0.05) is 19.5 Å². The van der Waals surface area contributed by atoms with Crippen molar-refractivity contribution in [1.29, 1.82) is 0 Å². The number of carbonyl (C=O) groups excluding carboxylic acids is 1. The molecule has 3 nitrogen and oxygen atoms in total. The normalized spacial score (nSPS) is 29.5. The first-order valence-electron chi connectivity index (χ1n) is 8.22. The Hall–Kier alpha value is -0.410. The van der Waals surface area contributed by atoms with Gasteiger partial charge in [0.05, 0.1) is 19.3 Å². The predicted octanol–water partition coefficient (Wildman–Crippen LogP) is 3.17. The summed E-state index contributed by atoms with van der Waals surface area (Å²) in [6.07, 6.45) is 12.1. The molecule has 19 heavy (non-hydrogen) atoms. The van der Waals surface area contributed by atoms with Gasteiger partial charge in [-0.25, -0.2) is 0 Å². The van der Waals surface area contributed by atoms with Crippen LogP contribution in [0, 0.1) is 0 Å². The van der Waals surface area contributed by atoms with Crippen molar-refractivity contribution in [2.24, 2.45) is 0 Å². The standard InChI is InChI=1S/C16H29NO2/c18-16-10-8-6-4-2-1-3-5-7-9-15(16)17-11-13-19-14-12-17/h15H,1-14H2. The minimum atomic E-state index is 0.184. The Morgan fingerprint density at radius 1 is 0.842 bits per heavy atom. The number of carbonyl (C=O) groups is 1. The van der Waals surface area contributed by atoms with Crippen LogP contribution in [0.4, 0.5) is 0 Å². The van der Waals surface area contributed by atoms with Gasteiger partial charge in [0.15, 0.2) is 0 Å². The second-order valence-electron chi connectivity index (χ2n) is 6.00. The predicted molar refractivity (Wildman–Crippen MR) is 77.4 cm³/mol. The van der Waals surface area contributed by atoms with Crippen molar-refractivity contribution < 1.29 is 9.53 Å². The van der Waals surface area contributed by atoms with E-state index in [2.05, 4.69) is 4.90 Å². The highest BCUT2D eigenvalue weighted by Gasteiger charge is 2.26. The lowest BCUT2D eigenvalue weighted by Gasteiger charge is -2.33. The molecule has 1 saturated carbocycles. The van der Waals surface area contributed by atoms with Crippen molar-refractivity contribution in [3.8, 4) is 0 Å². The smallest absolute Gasteiger partial charge is 0.149 e. The van der Waals surface area contributed by atoms with Gasteiger partial charge in [-0.2, -0.15) is 0 Å². The molecule has 0 N–H and O–H groups in total. The molecular formula is C16H29NO2. The molecule has 1 unspecified atom stereocenters. The Morgan fingerprint density at radius 3 is 2.11 bits per heavy atom. The molecule has 0 amide bonds. The van der Waals surface area contributed by atoms with E-state index in [1.165, 1.54) is 44.9 Å². The van der Waals surface area contributed by atoms with E-state index >= 15 is 0 Å². The van der Waals surface area contributed by atoms with Crippen molar-refractivity contribution in [1.82, 2.24) is 4.90 Å². The molecule has 1 aliphatic carbocycles. The monoisotopic (exact) mass is 267 g/mol. The topological polar surface area (TPSA) is 29.5 Å². The lowest BCUT2D eigenvalue weighted by atomic mass is 9.96. The maximum atomic E-state index is 12.4. The number of nitrogens with zero attached hydrogens (tertiary/aromatic N) is 1. The van der Waals surface area contributed by atoms with E-state index in [0.717, 1.165) is 45.6 Å². The molecule has 110 valence electrons. The largest absolute Gasteiger partial charge is 0.379 e. The maximum Gasteiger partial charge on any atom is 0.149 e. The fourth-order valence-electron chi connectivity index (χ4n) is 3.30. The summed E-state index contributed by atoms with van der Waals surface area (Å²) in [5.74, 6) is 0.488. The first kappa shape index (κ1) is 15.0. The van der Waals surface area contributed by atoms with Gasteiger partial charge in [-0.3, -0.25) is 9.69 Å². The molecule has 2 rings (SSSR count). The third kappa shape index (κ3) is 5.23. The number of morpholine rings is 1. The minimum absolute atomic E-state index is 0.184. The van der Waals surface area contributed by atoms with Crippen LogP contribution in [-0.4, -0.2) is 43.0 Å². The first-order valence-corrected chi connectivity index (χ1v) is 8.22. The number of rotatable bonds is 1. The number of ether oxygens (including phenoxy) is 1. The van der Waals surface area contributed by atoms with Crippen LogP contribution in [0.25, 0.3) is 0 Å². The van der Waals surface area contributed by atoms with Crippen molar-refractivity contribution >= 4 is 5.78 Å². The molecule has 0 bridgehead atoms. The third-order valence-corrected chi connectivity index (χ3v) is 4.51. The van der Waals surface area contributed by atoms with Gasteiger partial charge in [-0.05, 0) is 12.8 Å². The SMILES string of the molecule is O=C1CCCCCCCCCCC1N1CCOCC1. The number of ketones is 1. The zero-order valence-corrected chi connectivity index (χ0v) is 12.2. The van der Waals surface area contributed by atoms with Gasteiger partial charge in [-0.15, -0.1) is 0 Å². The fourth-order valence-corrected chi connectivity index (χ4v) is 3.30. The van der Waals surface area contributed by atoms with Crippen LogP contribution < -0.4 is 0 Å². The zero-order valence-electron chi connectivity index (χ0n) is 12.2. The average Bonchev–Trinajstić information content (AvgIpc) is 2.44. The Morgan fingerprint density at radius 2 is 1.42 bits per heavy atom. The van der Waals surface area contributed by atoms with E-state index in [9.17, 15) is 4.79 Å². The molecule has 1 heterocycles. The second-order valence-corrected chi connectivity index (χ2v) is 6.00. The molecule has 2 aliphatic rings. The Bertz CT molecular complexity index is 261. The Kier molecular flexibility index (Phi) is 6.86. The summed E-state index contributed by atoms with van der Waals surface area (Å²) in [6.45, 7) is 3.47. The summed E-state index contributed by atoms with van der Waals surface area (Å²) in [4.78, 5) is 14.8. The summed E-state index contributed by atoms with van der Waals surface area (Å²) < 4.78 is 5.41. The van der Waals surface area contributed by atoms with Crippen LogP contribution in [0.3, 0.4) is 0 Å². The van der Waals surface area contributed by atoms with Gasteiger partial charge in [-0.1, -0.05) is 44.9 Å². The Labute approximate surface area is 117 Å². The van der Waals surface area contributed by atoms with Crippen molar-refractivity contribution in [3.05, 3.63) is 0 Å². The van der Waals surface area contributed by atoms with Gasteiger partial charge in [0.25, 0.3) is 0 Å². The molecule has 1 aliphatic heterocycles. The van der Waals surface area contributed by atoms with Crippen LogP contribution in [0.5, 0.6) is 0 Å². The number of Topliss-reactive ketones (excluding diaryl/α,β-unsaturated/α-hetero) is 1. The molecule has 0 aromatic rings. The molecular weight excluding hydrogens is 238 g/mol. The molecule has 2 fully saturated rings. The Balaban J connectivity index is 1.88.